The monoisotopic (exact) mass is 282 g/mol. The van der Waals surface area contributed by atoms with Gasteiger partial charge >= 0.3 is 0 Å². The first-order chi connectivity index (χ1) is 9.57. The van der Waals surface area contributed by atoms with Gasteiger partial charge in [-0.2, -0.15) is 0 Å². The summed E-state index contributed by atoms with van der Waals surface area (Å²) in [6.45, 7) is 7.82. The van der Waals surface area contributed by atoms with Crippen molar-refractivity contribution < 1.29 is 4.74 Å². The molecule has 0 aromatic heterocycles. The standard InChI is InChI=1S/C15H30N4O/c1-5-16-14(18-13-10-12(13)2)17-11-15(19(3)4)6-8-20-9-7-15/h12-13H,5-11H2,1-4H3,(H2,16,17,18). The fourth-order valence-electron chi connectivity index (χ4n) is 2.74. The molecule has 20 heavy (non-hydrogen) atoms. The predicted octanol–water partition coefficient (Wildman–Crippen LogP) is 1.06. The number of hydrogen-bond donors (Lipinski definition) is 2. The van der Waals surface area contributed by atoms with Crippen LogP contribution in [0, 0.1) is 5.92 Å². The van der Waals surface area contributed by atoms with Gasteiger partial charge in [-0.25, -0.2) is 0 Å². The molecule has 2 N–H and O–H groups in total. The van der Waals surface area contributed by atoms with Crippen molar-refractivity contribution in [2.45, 2.75) is 44.7 Å². The van der Waals surface area contributed by atoms with Crippen LogP contribution in [0.1, 0.15) is 33.1 Å². The van der Waals surface area contributed by atoms with Crippen molar-refractivity contribution in [1.29, 1.82) is 0 Å². The normalized spacial score (nSPS) is 29.4. The molecule has 0 aromatic rings. The van der Waals surface area contributed by atoms with Gasteiger partial charge in [0.1, 0.15) is 0 Å². The van der Waals surface area contributed by atoms with Gasteiger partial charge in [-0.3, -0.25) is 4.99 Å². The second-order valence-corrected chi connectivity index (χ2v) is 6.39. The second-order valence-electron chi connectivity index (χ2n) is 6.39. The zero-order valence-electron chi connectivity index (χ0n) is 13.4. The number of aliphatic imine (C=N–C) groups is 1. The topological polar surface area (TPSA) is 48.9 Å². The van der Waals surface area contributed by atoms with Gasteiger partial charge in [0.05, 0.1) is 6.54 Å². The van der Waals surface area contributed by atoms with Gasteiger partial charge in [0.2, 0.25) is 0 Å². The molecule has 1 aliphatic carbocycles. The summed E-state index contributed by atoms with van der Waals surface area (Å²) < 4.78 is 5.51. The summed E-state index contributed by atoms with van der Waals surface area (Å²) in [5.74, 6) is 1.75. The van der Waals surface area contributed by atoms with E-state index >= 15 is 0 Å². The van der Waals surface area contributed by atoms with Gasteiger partial charge in [0.25, 0.3) is 0 Å². The molecule has 1 heterocycles. The van der Waals surface area contributed by atoms with E-state index in [2.05, 4.69) is 43.5 Å². The second kappa shape index (κ2) is 6.76. The van der Waals surface area contributed by atoms with Crippen LogP contribution in [-0.4, -0.2) is 62.8 Å². The summed E-state index contributed by atoms with van der Waals surface area (Å²) in [5.41, 5.74) is 0.149. The van der Waals surface area contributed by atoms with Gasteiger partial charge in [0.15, 0.2) is 5.96 Å². The van der Waals surface area contributed by atoms with Crippen molar-refractivity contribution in [2.24, 2.45) is 10.9 Å². The maximum Gasteiger partial charge on any atom is 0.191 e. The van der Waals surface area contributed by atoms with Crippen LogP contribution in [0.4, 0.5) is 0 Å². The highest BCUT2D eigenvalue weighted by Gasteiger charge is 2.36. The summed E-state index contributed by atoms with van der Waals surface area (Å²) >= 11 is 0. The van der Waals surface area contributed by atoms with Crippen molar-refractivity contribution in [3.05, 3.63) is 0 Å². The largest absolute Gasteiger partial charge is 0.381 e. The van der Waals surface area contributed by atoms with Gasteiger partial charge in [-0.05, 0) is 46.2 Å². The number of rotatable bonds is 5. The lowest BCUT2D eigenvalue weighted by atomic mass is 9.89. The van der Waals surface area contributed by atoms with Crippen LogP contribution >= 0.6 is 0 Å². The molecule has 1 saturated carbocycles. The van der Waals surface area contributed by atoms with Gasteiger partial charge in [0, 0.05) is 31.3 Å². The third kappa shape index (κ3) is 3.85. The fourth-order valence-corrected chi connectivity index (χ4v) is 2.74. The van der Waals surface area contributed by atoms with E-state index in [1.807, 2.05) is 0 Å². The molecule has 2 rings (SSSR count). The Morgan fingerprint density at radius 3 is 2.50 bits per heavy atom. The molecular formula is C15H30N4O. The first kappa shape index (κ1) is 15.6. The van der Waals surface area contributed by atoms with Gasteiger partial charge < -0.3 is 20.3 Å². The molecule has 116 valence electrons. The number of hydrogen-bond acceptors (Lipinski definition) is 3. The Morgan fingerprint density at radius 1 is 1.35 bits per heavy atom. The van der Waals surface area contributed by atoms with Crippen LogP contribution in [0.15, 0.2) is 4.99 Å². The highest BCUT2D eigenvalue weighted by molar-refractivity contribution is 5.80. The Hall–Kier alpha value is -0.810. The molecule has 2 unspecified atom stereocenters. The van der Waals surface area contributed by atoms with Crippen molar-refractivity contribution in [1.82, 2.24) is 15.5 Å². The van der Waals surface area contributed by atoms with Crippen LogP contribution in [0.2, 0.25) is 0 Å². The Morgan fingerprint density at radius 2 is 2.00 bits per heavy atom. The zero-order chi connectivity index (χ0) is 14.6. The van der Waals surface area contributed by atoms with Gasteiger partial charge in [-0.15, -0.1) is 0 Å². The van der Waals surface area contributed by atoms with Crippen LogP contribution < -0.4 is 10.6 Å². The minimum absolute atomic E-state index is 0.149. The van der Waals surface area contributed by atoms with E-state index in [-0.39, 0.29) is 5.54 Å². The van der Waals surface area contributed by atoms with Gasteiger partial charge in [-0.1, -0.05) is 6.92 Å². The summed E-state index contributed by atoms with van der Waals surface area (Å²) in [6.07, 6.45) is 3.38. The van der Waals surface area contributed by atoms with E-state index in [4.69, 9.17) is 9.73 Å². The number of guanidine groups is 1. The van der Waals surface area contributed by atoms with Crippen LogP contribution in [0.5, 0.6) is 0 Å². The summed E-state index contributed by atoms with van der Waals surface area (Å²) in [6, 6.07) is 0.609. The molecule has 5 heteroatoms. The van der Waals surface area contributed by atoms with Crippen molar-refractivity contribution in [3.63, 3.8) is 0 Å². The molecule has 5 nitrogen and oxygen atoms in total. The average molecular weight is 282 g/mol. The maximum absolute atomic E-state index is 5.51. The van der Waals surface area contributed by atoms with Crippen molar-refractivity contribution in [2.75, 3.05) is 40.4 Å². The SMILES string of the molecule is CCNC(=NCC1(N(C)C)CCOCC1)NC1CC1C. The molecule has 2 fully saturated rings. The third-order valence-electron chi connectivity index (χ3n) is 4.68. The minimum atomic E-state index is 0.149. The smallest absolute Gasteiger partial charge is 0.191 e. The highest BCUT2D eigenvalue weighted by Crippen LogP contribution is 2.29. The molecule has 0 radical (unpaired) electrons. The number of likely N-dealkylation sites (N-methyl/N-ethyl adjacent to an activating group) is 1. The molecule has 2 aliphatic rings. The van der Waals surface area contributed by atoms with E-state index in [1.54, 1.807) is 0 Å². The molecule has 0 amide bonds. The minimum Gasteiger partial charge on any atom is -0.381 e. The van der Waals surface area contributed by atoms with Crippen LogP contribution in [0.25, 0.3) is 0 Å². The Balaban J connectivity index is 1.97. The fraction of sp³-hybridized carbons (Fsp3) is 0.933. The lowest BCUT2D eigenvalue weighted by Crippen LogP contribution is -2.52. The van der Waals surface area contributed by atoms with Crippen LogP contribution in [0.3, 0.4) is 0 Å². The van der Waals surface area contributed by atoms with E-state index in [9.17, 15) is 0 Å². The lowest BCUT2D eigenvalue weighted by molar-refractivity contribution is -0.00255. The predicted molar refractivity (Wildman–Crippen MR) is 83.2 cm³/mol. The quantitative estimate of drug-likeness (QED) is 0.585. The van der Waals surface area contributed by atoms with E-state index in [1.165, 1.54) is 6.42 Å². The molecular weight excluding hydrogens is 252 g/mol. The molecule has 2 atom stereocenters. The first-order valence-corrected chi connectivity index (χ1v) is 7.87. The Kier molecular flexibility index (Phi) is 5.27. The molecule has 1 saturated heterocycles. The number of ether oxygens (including phenoxy) is 1. The molecule has 0 spiro atoms. The van der Waals surface area contributed by atoms with E-state index in [0.29, 0.717) is 6.04 Å². The summed E-state index contributed by atoms with van der Waals surface area (Å²) in [4.78, 5) is 7.16. The Bertz CT molecular complexity index is 337. The first-order valence-electron chi connectivity index (χ1n) is 7.87. The summed E-state index contributed by atoms with van der Waals surface area (Å²) in [7, 11) is 4.31. The summed E-state index contributed by atoms with van der Waals surface area (Å²) in [5, 5.41) is 6.89. The molecule has 0 aromatic carbocycles. The number of nitrogens with zero attached hydrogens (tertiary/aromatic N) is 2. The van der Waals surface area contributed by atoms with Crippen molar-refractivity contribution >= 4 is 5.96 Å². The zero-order valence-corrected chi connectivity index (χ0v) is 13.4. The maximum atomic E-state index is 5.51. The van der Waals surface area contributed by atoms with E-state index in [0.717, 1.165) is 51.0 Å². The molecule has 1 aliphatic heterocycles. The number of nitrogens with one attached hydrogen (secondary N) is 2. The Labute approximate surface area is 123 Å². The average Bonchev–Trinajstić information content (AvgIpc) is 3.12. The van der Waals surface area contributed by atoms with Crippen LogP contribution in [-0.2, 0) is 4.74 Å². The van der Waals surface area contributed by atoms with E-state index < -0.39 is 0 Å². The lowest BCUT2D eigenvalue weighted by Gasteiger charge is -2.41. The molecule has 0 bridgehead atoms. The third-order valence-corrected chi connectivity index (χ3v) is 4.68. The highest BCUT2D eigenvalue weighted by atomic mass is 16.5. The van der Waals surface area contributed by atoms with Crippen molar-refractivity contribution in [3.8, 4) is 0 Å².